The molecule has 0 atom stereocenters. The van der Waals surface area contributed by atoms with Crippen molar-refractivity contribution in [2.24, 2.45) is 11.3 Å². The highest BCUT2D eigenvalue weighted by Gasteiger charge is 2.27. The van der Waals surface area contributed by atoms with Gasteiger partial charge in [0.25, 0.3) is 0 Å². The molecule has 0 unspecified atom stereocenters. The number of carbonyl (C=O) groups is 2. The van der Waals surface area contributed by atoms with Gasteiger partial charge in [-0.1, -0.05) is 72.4 Å². The Bertz CT molecular complexity index is 552. The SMILES string of the molecule is CCCCCCC(C)(C)C(=O)Nc1ccccc1SC(=O)C(C)C. The molecule has 0 aliphatic heterocycles. The lowest BCUT2D eigenvalue weighted by molar-refractivity contribution is -0.124. The normalized spacial score (nSPS) is 11.6. The Morgan fingerprint density at radius 1 is 1.12 bits per heavy atom. The molecule has 1 amide bonds. The third-order valence-electron chi connectivity index (χ3n) is 4.09. The van der Waals surface area contributed by atoms with E-state index in [1.165, 1.54) is 31.0 Å². The van der Waals surface area contributed by atoms with Crippen LogP contribution < -0.4 is 5.32 Å². The number of benzene rings is 1. The summed E-state index contributed by atoms with van der Waals surface area (Å²) in [6.45, 7) is 9.93. The average Bonchev–Trinajstić information content (AvgIpc) is 2.53. The van der Waals surface area contributed by atoms with Crippen molar-refractivity contribution < 1.29 is 9.59 Å². The number of unbranched alkanes of at least 4 members (excludes halogenated alkanes) is 3. The van der Waals surface area contributed by atoms with Gasteiger partial charge in [-0.25, -0.2) is 0 Å². The minimum atomic E-state index is -0.409. The molecule has 1 N–H and O–H groups in total. The second-order valence-corrected chi connectivity index (χ2v) is 8.27. The molecule has 0 saturated heterocycles. The van der Waals surface area contributed by atoms with Crippen molar-refractivity contribution >= 4 is 28.5 Å². The van der Waals surface area contributed by atoms with Gasteiger partial charge in [-0.15, -0.1) is 0 Å². The molecule has 0 aromatic heterocycles. The van der Waals surface area contributed by atoms with Gasteiger partial charge in [0.05, 0.1) is 5.69 Å². The summed E-state index contributed by atoms with van der Waals surface area (Å²) in [5.74, 6) is -0.0159. The molecule has 1 rings (SSSR count). The fourth-order valence-electron chi connectivity index (χ4n) is 2.28. The second-order valence-electron chi connectivity index (χ2n) is 7.22. The van der Waals surface area contributed by atoms with Gasteiger partial charge in [-0.05, 0) is 30.3 Å². The van der Waals surface area contributed by atoms with Crippen LogP contribution in [0.5, 0.6) is 0 Å². The van der Waals surface area contributed by atoms with Crippen LogP contribution in [0.15, 0.2) is 29.2 Å². The van der Waals surface area contributed by atoms with Gasteiger partial charge in [0.15, 0.2) is 5.12 Å². The standard InChI is InChI=1S/C20H31NO2S/c1-6-7-8-11-14-20(4,5)19(23)21-16-12-9-10-13-17(16)24-18(22)15(2)3/h9-10,12-13,15H,6-8,11,14H2,1-5H3,(H,21,23). The molecule has 0 heterocycles. The zero-order chi connectivity index (χ0) is 18.2. The van der Waals surface area contributed by atoms with E-state index in [1.54, 1.807) is 0 Å². The third-order valence-corrected chi connectivity index (χ3v) is 5.34. The highest BCUT2D eigenvalue weighted by Crippen LogP contribution is 2.32. The molecule has 0 radical (unpaired) electrons. The van der Waals surface area contributed by atoms with Gasteiger partial charge in [-0.2, -0.15) is 0 Å². The first-order chi connectivity index (χ1) is 11.3. The summed E-state index contributed by atoms with van der Waals surface area (Å²) < 4.78 is 0. The van der Waals surface area contributed by atoms with E-state index in [-0.39, 0.29) is 16.9 Å². The maximum absolute atomic E-state index is 12.7. The summed E-state index contributed by atoms with van der Waals surface area (Å²) >= 11 is 1.20. The smallest absolute Gasteiger partial charge is 0.230 e. The molecule has 1 aromatic rings. The van der Waals surface area contributed by atoms with E-state index in [0.717, 1.165) is 23.4 Å². The van der Waals surface area contributed by atoms with Crippen LogP contribution in [0.2, 0.25) is 0 Å². The Labute approximate surface area is 151 Å². The highest BCUT2D eigenvalue weighted by molar-refractivity contribution is 8.13. The van der Waals surface area contributed by atoms with Crippen LogP contribution in [-0.2, 0) is 9.59 Å². The number of nitrogens with one attached hydrogen (secondary N) is 1. The lowest BCUT2D eigenvalue weighted by Gasteiger charge is -2.24. The Hall–Kier alpha value is -1.29. The fourth-order valence-corrected chi connectivity index (χ4v) is 3.11. The minimum Gasteiger partial charge on any atom is -0.325 e. The molecular weight excluding hydrogens is 318 g/mol. The number of anilines is 1. The van der Waals surface area contributed by atoms with Gasteiger partial charge in [0.1, 0.15) is 0 Å². The number of carbonyl (C=O) groups excluding carboxylic acids is 2. The molecule has 0 saturated carbocycles. The van der Waals surface area contributed by atoms with Crippen LogP contribution in [0.4, 0.5) is 5.69 Å². The number of amides is 1. The highest BCUT2D eigenvalue weighted by atomic mass is 32.2. The fraction of sp³-hybridized carbons (Fsp3) is 0.600. The van der Waals surface area contributed by atoms with Crippen molar-refractivity contribution in [3.63, 3.8) is 0 Å². The van der Waals surface area contributed by atoms with Crippen LogP contribution in [0.1, 0.15) is 66.7 Å². The number of hydrogen-bond acceptors (Lipinski definition) is 3. The van der Waals surface area contributed by atoms with E-state index in [4.69, 9.17) is 0 Å². The van der Waals surface area contributed by atoms with Gasteiger partial charge >= 0.3 is 0 Å². The predicted molar refractivity (Wildman–Crippen MR) is 103 cm³/mol. The second kappa shape index (κ2) is 9.87. The third kappa shape index (κ3) is 6.68. The van der Waals surface area contributed by atoms with Crippen molar-refractivity contribution in [3.05, 3.63) is 24.3 Å². The Balaban J connectivity index is 2.74. The summed E-state index contributed by atoms with van der Waals surface area (Å²) in [7, 11) is 0. The first-order valence-electron chi connectivity index (χ1n) is 8.90. The summed E-state index contributed by atoms with van der Waals surface area (Å²) in [4.78, 5) is 25.5. The molecule has 0 aliphatic rings. The summed E-state index contributed by atoms with van der Waals surface area (Å²) in [5, 5.41) is 3.13. The van der Waals surface area contributed by atoms with Crippen molar-refractivity contribution in [1.82, 2.24) is 0 Å². The van der Waals surface area contributed by atoms with Crippen molar-refractivity contribution in [2.45, 2.75) is 71.6 Å². The molecule has 0 fully saturated rings. The van der Waals surface area contributed by atoms with E-state index in [1.807, 2.05) is 52.0 Å². The summed E-state index contributed by atoms with van der Waals surface area (Å²) in [6.07, 6.45) is 5.52. The van der Waals surface area contributed by atoms with Gasteiger partial charge in [0, 0.05) is 16.2 Å². The lowest BCUT2D eigenvalue weighted by Crippen LogP contribution is -2.31. The molecule has 0 bridgehead atoms. The average molecular weight is 350 g/mol. The molecule has 0 spiro atoms. The van der Waals surface area contributed by atoms with Crippen LogP contribution in [0.25, 0.3) is 0 Å². The van der Waals surface area contributed by atoms with Crippen LogP contribution >= 0.6 is 11.8 Å². The zero-order valence-corrected chi connectivity index (χ0v) is 16.5. The van der Waals surface area contributed by atoms with Crippen molar-refractivity contribution in [3.8, 4) is 0 Å². The van der Waals surface area contributed by atoms with E-state index in [9.17, 15) is 9.59 Å². The monoisotopic (exact) mass is 349 g/mol. The van der Waals surface area contributed by atoms with Gasteiger partial charge < -0.3 is 5.32 Å². The van der Waals surface area contributed by atoms with Crippen LogP contribution in [-0.4, -0.2) is 11.0 Å². The lowest BCUT2D eigenvalue weighted by atomic mass is 9.85. The first kappa shape index (κ1) is 20.8. The number of thioether (sulfide) groups is 1. The summed E-state index contributed by atoms with van der Waals surface area (Å²) in [5.41, 5.74) is 0.316. The predicted octanol–water partition coefficient (Wildman–Crippen LogP) is 5.90. The minimum absolute atomic E-state index is 0.0176. The van der Waals surface area contributed by atoms with E-state index < -0.39 is 5.41 Å². The Morgan fingerprint density at radius 2 is 1.79 bits per heavy atom. The quantitative estimate of drug-likeness (QED) is 0.446. The molecular formula is C20H31NO2S. The van der Waals surface area contributed by atoms with Crippen LogP contribution in [0.3, 0.4) is 0 Å². The zero-order valence-electron chi connectivity index (χ0n) is 15.6. The molecule has 4 heteroatoms. The van der Waals surface area contributed by atoms with Crippen molar-refractivity contribution in [1.29, 1.82) is 0 Å². The van der Waals surface area contributed by atoms with Crippen LogP contribution in [0, 0.1) is 11.3 Å². The van der Waals surface area contributed by atoms with Crippen molar-refractivity contribution in [2.75, 3.05) is 5.32 Å². The maximum atomic E-state index is 12.7. The number of hydrogen-bond donors (Lipinski definition) is 1. The van der Waals surface area contributed by atoms with Gasteiger partial charge in [0.2, 0.25) is 5.91 Å². The maximum Gasteiger partial charge on any atom is 0.230 e. The summed E-state index contributed by atoms with van der Waals surface area (Å²) in [6, 6.07) is 7.52. The van der Waals surface area contributed by atoms with E-state index >= 15 is 0 Å². The first-order valence-corrected chi connectivity index (χ1v) is 9.71. The van der Waals surface area contributed by atoms with Gasteiger partial charge in [-0.3, -0.25) is 9.59 Å². The molecule has 1 aromatic carbocycles. The Kier molecular flexibility index (Phi) is 8.54. The molecule has 0 aliphatic carbocycles. The number of rotatable bonds is 9. The van der Waals surface area contributed by atoms with E-state index in [0.29, 0.717) is 0 Å². The molecule has 3 nitrogen and oxygen atoms in total. The Morgan fingerprint density at radius 3 is 2.42 bits per heavy atom. The largest absolute Gasteiger partial charge is 0.325 e. The molecule has 24 heavy (non-hydrogen) atoms. The molecule has 134 valence electrons. The topological polar surface area (TPSA) is 46.2 Å². The number of para-hydroxylation sites is 1. The van der Waals surface area contributed by atoms with E-state index in [2.05, 4.69) is 12.2 Å².